The Morgan fingerprint density at radius 1 is 1.03 bits per heavy atom. The van der Waals surface area contributed by atoms with Crippen LogP contribution in [0.4, 0.5) is 5.82 Å². The van der Waals surface area contributed by atoms with Gasteiger partial charge in [-0.1, -0.05) is 39.0 Å². The minimum Gasteiger partial charge on any atom is -0.455 e. The molecule has 0 radical (unpaired) electrons. The topological polar surface area (TPSA) is 94.2 Å². The predicted molar refractivity (Wildman–Crippen MR) is 120 cm³/mol. The maximum absolute atomic E-state index is 12.8. The normalized spacial score (nSPS) is 12.7. The SMILES string of the molecule is CC(C)(C)c1cc(NC(=O)c2ccc(CS(=O)(=O)c3ccccc3)o2)n(C(C)(C)C)n1. The lowest BCUT2D eigenvalue weighted by Crippen LogP contribution is -2.27. The minimum absolute atomic E-state index is 0.0391. The van der Waals surface area contributed by atoms with Crippen LogP contribution >= 0.6 is 0 Å². The summed E-state index contributed by atoms with van der Waals surface area (Å²) in [6, 6.07) is 13.0. The van der Waals surface area contributed by atoms with E-state index in [4.69, 9.17) is 4.42 Å². The van der Waals surface area contributed by atoms with Crippen molar-refractivity contribution in [3.63, 3.8) is 0 Å². The zero-order chi connectivity index (χ0) is 23.0. The molecule has 0 aliphatic carbocycles. The molecule has 7 nitrogen and oxygen atoms in total. The minimum atomic E-state index is -3.56. The quantitative estimate of drug-likeness (QED) is 0.614. The number of aromatic nitrogens is 2. The molecule has 1 aromatic carbocycles. The Morgan fingerprint density at radius 2 is 1.68 bits per heavy atom. The number of nitrogens with one attached hydrogen (secondary N) is 1. The van der Waals surface area contributed by atoms with Crippen LogP contribution in [-0.4, -0.2) is 24.1 Å². The first kappa shape index (κ1) is 22.8. The second-order valence-electron chi connectivity index (χ2n) is 9.54. The van der Waals surface area contributed by atoms with E-state index in [0.29, 0.717) is 5.82 Å². The van der Waals surface area contributed by atoms with Crippen LogP contribution in [0.25, 0.3) is 0 Å². The molecule has 1 N–H and O–H groups in total. The monoisotopic (exact) mass is 443 g/mol. The molecule has 0 atom stereocenters. The fourth-order valence-corrected chi connectivity index (χ4v) is 4.27. The molecule has 31 heavy (non-hydrogen) atoms. The number of furan rings is 1. The zero-order valence-electron chi connectivity index (χ0n) is 18.8. The lowest BCUT2D eigenvalue weighted by atomic mass is 9.92. The van der Waals surface area contributed by atoms with E-state index in [2.05, 4.69) is 31.2 Å². The Bertz CT molecular complexity index is 1180. The number of nitrogens with zero attached hydrogens (tertiary/aromatic N) is 2. The highest BCUT2D eigenvalue weighted by Crippen LogP contribution is 2.28. The Labute approximate surface area is 183 Å². The van der Waals surface area contributed by atoms with Crippen LogP contribution in [0.15, 0.2) is 57.8 Å². The van der Waals surface area contributed by atoms with Gasteiger partial charge in [0.25, 0.3) is 5.91 Å². The average Bonchev–Trinajstić information content (AvgIpc) is 3.29. The number of benzene rings is 1. The summed E-state index contributed by atoms with van der Waals surface area (Å²) in [6.45, 7) is 12.2. The summed E-state index contributed by atoms with van der Waals surface area (Å²) in [6.07, 6.45) is 0. The van der Waals surface area contributed by atoms with Gasteiger partial charge in [-0.2, -0.15) is 5.10 Å². The van der Waals surface area contributed by atoms with Crippen molar-refractivity contribution in [3.05, 3.63) is 65.7 Å². The number of carbonyl (C=O) groups excluding carboxylic acids is 1. The van der Waals surface area contributed by atoms with Crippen LogP contribution < -0.4 is 5.32 Å². The molecule has 2 heterocycles. The summed E-state index contributed by atoms with van der Waals surface area (Å²) in [5.41, 5.74) is 0.330. The smallest absolute Gasteiger partial charge is 0.292 e. The number of carbonyl (C=O) groups is 1. The average molecular weight is 444 g/mol. The van der Waals surface area contributed by atoms with Crippen molar-refractivity contribution in [1.29, 1.82) is 0 Å². The number of anilines is 1. The van der Waals surface area contributed by atoms with Gasteiger partial charge in [0.05, 0.1) is 16.1 Å². The Kier molecular flexibility index (Phi) is 5.88. The molecule has 166 valence electrons. The number of hydrogen-bond donors (Lipinski definition) is 1. The van der Waals surface area contributed by atoms with E-state index >= 15 is 0 Å². The van der Waals surface area contributed by atoms with Crippen LogP contribution in [0.1, 0.15) is 63.6 Å². The second kappa shape index (κ2) is 8.00. The van der Waals surface area contributed by atoms with E-state index < -0.39 is 15.7 Å². The highest BCUT2D eigenvalue weighted by Gasteiger charge is 2.27. The first-order valence-electron chi connectivity index (χ1n) is 10.1. The third-order valence-corrected chi connectivity index (χ3v) is 6.33. The van der Waals surface area contributed by atoms with Crippen LogP contribution in [-0.2, 0) is 26.5 Å². The lowest BCUT2D eigenvalue weighted by molar-refractivity contribution is 0.0993. The second-order valence-corrected chi connectivity index (χ2v) is 11.5. The van der Waals surface area contributed by atoms with Gasteiger partial charge in [0.1, 0.15) is 17.3 Å². The van der Waals surface area contributed by atoms with Crippen molar-refractivity contribution in [1.82, 2.24) is 9.78 Å². The van der Waals surface area contributed by atoms with Crippen LogP contribution in [0, 0.1) is 0 Å². The third-order valence-electron chi connectivity index (χ3n) is 4.67. The van der Waals surface area contributed by atoms with Crippen LogP contribution in [0.2, 0.25) is 0 Å². The Balaban J connectivity index is 1.82. The molecular formula is C23H29N3O4S. The summed E-state index contributed by atoms with van der Waals surface area (Å²) in [7, 11) is -3.56. The van der Waals surface area contributed by atoms with E-state index in [1.54, 1.807) is 22.9 Å². The van der Waals surface area contributed by atoms with E-state index in [1.807, 2.05) is 26.8 Å². The molecule has 2 aromatic heterocycles. The molecule has 0 saturated carbocycles. The van der Waals surface area contributed by atoms with Gasteiger partial charge in [-0.25, -0.2) is 13.1 Å². The van der Waals surface area contributed by atoms with Crippen molar-refractivity contribution in [2.75, 3.05) is 5.32 Å². The van der Waals surface area contributed by atoms with Gasteiger partial charge in [-0.3, -0.25) is 4.79 Å². The van der Waals surface area contributed by atoms with Gasteiger partial charge >= 0.3 is 0 Å². The molecule has 0 fully saturated rings. The molecule has 0 aliphatic heterocycles. The van der Waals surface area contributed by atoms with Crippen molar-refractivity contribution in [3.8, 4) is 0 Å². The molecule has 0 spiro atoms. The fourth-order valence-electron chi connectivity index (χ4n) is 3.00. The van der Waals surface area contributed by atoms with Gasteiger partial charge in [-0.05, 0) is 45.0 Å². The van der Waals surface area contributed by atoms with Crippen LogP contribution in [0.3, 0.4) is 0 Å². The molecular weight excluding hydrogens is 414 g/mol. The van der Waals surface area contributed by atoms with Crippen molar-refractivity contribution >= 4 is 21.6 Å². The van der Waals surface area contributed by atoms with E-state index in [0.717, 1.165) is 5.69 Å². The van der Waals surface area contributed by atoms with Gasteiger partial charge in [-0.15, -0.1) is 0 Å². The van der Waals surface area contributed by atoms with Gasteiger partial charge in [0.15, 0.2) is 15.6 Å². The summed E-state index contributed by atoms with van der Waals surface area (Å²) in [5, 5.41) is 7.53. The lowest BCUT2D eigenvalue weighted by Gasteiger charge is -2.22. The summed E-state index contributed by atoms with van der Waals surface area (Å²) in [4.78, 5) is 13.0. The fraction of sp³-hybridized carbons (Fsp3) is 0.391. The first-order chi connectivity index (χ1) is 14.3. The standard InChI is InChI=1S/C23H29N3O4S/c1-22(2,3)19-14-20(26(25-19)23(4,5)6)24-21(27)18-13-12-16(30-18)15-31(28,29)17-10-8-7-9-11-17/h7-14H,15H2,1-6H3,(H,24,27). The van der Waals surface area contributed by atoms with Crippen molar-refractivity contribution in [2.45, 2.75) is 63.1 Å². The number of hydrogen-bond acceptors (Lipinski definition) is 5. The molecule has 1 amide bonds. The highest BCUT2D eigenvalue weighted by atomic mass is 32.2. The number of rotatable bonds is 5. The maximum Gasteiger partial charge on any atom is 0.292 e. The van der Waals surface area contributed by atoms with Gasteiger partial charge in [0, 0.05) is 11.5 Å². The van der Waals surface area contributed by atoms with Crippen molar-refractivity contribution in [2.24, 2.45) is 0 Å². The summed E-state index contributed by atoms with van der Waals surface area (Å²) in [5.74, 6) is 0.00992. The molecule has 0 unspecified atom stereocenters. The molecule has 3 aromatic rings. The summed E-state index contributed by atoms with van der Waals surface area (Å²) < 4.78 is 32.4. The number of sulfone groups is 1. The van der Waals surface area contributed by atoms with E-state index in [1.165, 1.54) is 24.3 Å². The predicted octanol–water partition coefficient (Wildman–Crippen LogP) is 4.75. The highest BCUT2D eigenvalue weighted by molar-refractivity contribution is 7.90. The molecule has 3 rings (SSSR count). The summed E-state index contributed by atoms with van der Waals surface area (Å²) >= 11 is 0. The number of amides is 1. The Morgan fingerprint density at radius 3 is 2.26 bits per heavy atom. The first-order valence-corrected chi connectivity index (χ1v) is 11.7. The zero-order valence-corrected chi connectivity index (χ0v) is 19.6. The van der Waals surface area contributed by atoms with E-state index in [9.17, 15) is 13.2 Å². The van der Waals surface area contributed by atoms with E-state index in [-0.39, 0.29) is 33.1 Å². The molecule has 0 bridgehead atoms. The van der Waals surface area contributed by atoms with Gasteiger partial charge in [0.2, 0.25) is 0 Å². The molecule has 0 saturated heterocycles. The van der Waals surface area contributed by atoms with Crippen LogP contribution in [0.5, 0.6) is 0 Å². The third kappa shape index (κ3) is 5.25. The molecule has 8 heteroatoms. The largest absolute Gasteiger partial charge is 0.455 e. The van der Waals surface area contributed by atoms with Gasteiger partial charge < -0.3 is 9.73 Å². The van der Waals surface area contributed by atoms with Crippen molar-refractivity contribution < 1.29 is 17.6 Å². The maximum atomic E-state index is 12.8. The molecule has 0 aliphatic rings. The Hall–Kier alpha value is -2.87.